The molecule has 1 aromatic rings. The van der Waals surface area contributed by atoms with E-state index in [0.29, 0.717) is 12.1 Å². The molecule has 1 N–H and O–H groups in total. The maximum absolute atomic E-state index is 14.2. The van der Waals surface area contributed by atoms with E-state index in [4.69, 9.17) is 0 Å². The molecule has 1 saturated heterocycles. The Labute approximate surface area is 129 Å². The molecule has 3 nitrogen and oxygen atoms in total. The Morgan fingerprint density at radius 3 is 2.64 bits per heavy atom. The minimum absolute atomic E-state index is 0.0720. The Kier molecular flexibility index (Phi) is 4.17. The van der Waals surface area contributed by atoms with Crippen molar-refractivity contribution in [3.63, 3.8) is 0 Å². The third-order valence-electron chi connectivity index (χ3n) is 4.82. The average Bonchev–Trinajstić information content (AvgIpc) is 2.75. The summed E-state index contributed by atoms with van der Waals surface area (Å²) in [5.41, 5.74) is -0.204. The molecule has 1 saturated carbocycles. The number of carbonyl (C=O) groups is 1. The van der Waals surface area contributed by atoms with Crippen molar-refractivity contribution in [3.05, 3.63) is 35.4 Å². The first kappa shape index (κ1) is 15.4. The van der Waals surface area contributed by atoms with Crippen LogP contribution in [0.25, 0.3) is 0 Å². The van der Waals surface area contributed by atoms with Crippen LogP contribution >= 0.6 is 0 Å². The maximum atomic E-state index is 14.2. The molecule has 1 aromatic carbocycles. The molecule has 1 heterocycles. The molecule has 1 spiro atoms. The van der Waals surface area contributed by atoms with E-state index in [0.717, 1.165) is 44.6 Å². The molecule has 0 radical (unpaired) electrons. The fourth-order valence-corrected chi connectivity index (χ4v) is 3.75. The molecular formula is C17H22F2N2O. The fraction of sp³-hybridized carbons (Fsp3) is 0.588. The Morgan fingerprint density at radius 2 is 2.00 bits per heavy atom. The van der Waals surface area contributed by atoms with Gasteiger partial charge in [-0.05, 0) is 31.4 Å². The molecule has 3 rings (SSSR count). The summed E-state index contributed by atoms with van der Waals surface area (Å²) in [6.07, 6.45) is 5.07. The van der Waals surface area contributed by atoms with Crippen molar-refractivity contribution in [2.45, 2.75) is 57.2 Å². The number of nitrogens with one attached hydrogen (secondary N) is 1. The molecule has 1 aliphatic carbocycles. The molecule has 5 heteroatoms. The normalized spacial score (nSPS) is 24.2. The molecule has 1 amide bonds. The van der Waals surface area contributed by atoms with Gasteiger partial charge in [0, 0.05) is 18.2 Å². The molecule has 2 fully saturated rings. The van der Waals surface area contributed by atoms with Crippen LogP contribution in [0.3, 0.4) is 0 Å². The highest BCUT2D eigenvalue weighted by molar-refractivity contribution is 5.89. The van der Waals surface area contributed by atoms with Crippen molar-refractivity contribution in [3.8, 4) is 0 Å². The van der Waals surface area contributed by atoms with E-state index in [2.05, 4.69) is 5.32 Å². The van der Waals surface area contributed by atoms with Gasteiger partial charge in [0.25, 0.3) is 0 Å². The van der Waals surface area contributed by atoms with Crippen molar-refractivity contribution < 1.29 is 13.6 Å². The zero-order chi connectivity index (χ0) is 15.7. The fourth-order valence-electron chi connectivity index (χ4n) is 3.75. The number of carbonyl (C=O) groups excluding carboxylic acids is 1. The second-order valence-electron chi connectivity index (χ2n) is 6.35. The lowest BCUT2D eigenvalue weighted by atomic mass is 9.81. The van der Waals surface area contributed by atoms with Gasteiger partial charge in [-0.15, -0.1) is 0 Å². The van der Waals surface area contributed by atoms with Gasteiger partial charge in [0.2, 0.25) is 5.91 Å². The van der Waals surface area contributed by atoms with Crippen LogP contribution in [0.4, 0.5) is 8.78 Å². The lowest BCUT2D eigenvalue weighted by molar-refractivity contribution is -0.134. The predicted octanol–water partition coefficient (Wildman–Crippen LogP) is 3.51. The Hall–Kier alpha value is -1.49. The molecule has 22 heavy (non-hydrogen) atoms. The van der Waals surface area contributed by atoms with Gasteiger partial charge >= 0.3 is 0 Å². The minimum atomic E-state index is -0.598. The number of amides is 1. The topological polar surface area (TPSA) is 32.3 Å². The number of benzene rings is 1. The van der Waals surface area contributed by atoms with Crippen LogP contribution < -0.4 is 5.32 Å². The third-order valence-corrected chi connectivity index (χ3v) is 4.82. The standard InChI is InChI=1S/C17H22F2N2O/c1-2-10-21-15(13-7-6-12(18)11-14(13)19)20-17(16(21)22)8-4-3-5-9-17/h6-7,11,15,20H,2-5,8-10H2,1H3. The smallest absolute Gasteiger partial charge is 0.244 e. The van der Waals surface area contributed by atoms with Crippen molar-refractivity contribution in [2.75, 3.05) is 6.54 Å². The quantitative estimate of drug-likeness (QED) is 0.927. The molecule has 0 bridgehead atoms. The first-order chi connectivity index (χ1) is 10.6. The van der Waals surface area contributed by atoms with Gasteiger partial charge < -0.3 is 4.90 Å². The summed E-state index contributed by atoms with van der Waals surface area (Å²) in [4.78, 5) is 14.6. The monoisotopic (exact) mass is 308 g/mol. The first-order valence-electron chi connectivity index (χ1n) is 8.11. The molecule has 1 atom stereocenters. The summed E-state index contributed by atoms with van der Waals surface area (Å²) in [6, 6.07) is 3.58. The van der Waals surface area contributed by atoms with Gasteiger partial charge in [0.1, 0.15) is 17.8 Å². The highest BCUT2D eigenvalue weighted by Gasteiger charge is 2.51. The van der Waals surface area contributed by atoms with Crippen molar-refractivity contribution in [1.29, 1.82) is 0 Å². The second-order valence-corrected chi connectivity index (χ2v) is 6.35. The predicted molar refractivity (Wildman–Crippen MR) is 80.1 cm³/mol. The van der Waals surface area contributed by atoms with Gasteiger partial charge in [-0.3, -0.25) is 10.1 Å². The Morgan fingerprint density at radius 1 is 1.27 bits per heavy atom. The van der Waals surface area contributed by atoms with Crippen LogP contribution in [0.1, 0.15) is 57.2 Å². The van der Waals surface area contributed by atoms with E-state index >= 15 is 0 Å². The number of hydrogen-bond donors (Lipinski definition) is 1. The van der Waals surface area contributed by atoms with E-state index in [1.807, 2.05) is 6.92 Å². The van der Waals surface area contributed by atoms with Crippen LogP contribution in [0.15, 0.2) is 18.2 Å². The zero-order valence-electron chi connectivity index (χ0n) is 12.9. The van der Waals surface area contributed by atoms with Gasteiger partial charge in [-0.2, -0.15) is 0 Å². The van der Waals surface area contributed by atoms with E-state index in [-0.39, 0.29) is 5.91 Å². The highest BCUT2D eigenvalue weighted by atomic mass is 19.1. The highest BCUT2D eigenvalue weighted by Crippen LogP contribution is 2.40. The summed E-state index contributed by atoms with van der Waals surface area (Å²) in [5.74, 6) is -1.12. The molecule has 120 valence electrons. The van der Waals surface area contributed by atoms with Crippen molar-refractivity contribution >= 4 is 5.91 Å². The number of rotatable bonds is 3. The van der Waals surface area contributed by atoms with E-state index in [1.54, 1.807) is 4.90 Å². The lowest BCUT2D eigenvalue weighted by Crippen LogP contribution is -2.48. The number of nitrogens with zero attached hydrogens (tertiary/aromatic N) is 1. The number of hydrogen-bond acceptors (Lipinski definition) is 2. The van der Waals surface area contributed by atoms with E-state index < -0.39 is 23.3 Å². The third kappa shape index (κ3) is 2.51. The summed E-state index contributed by atoms with van der Waals surface area (Å²) < 4.78 is 27.3. The summed E-state index contributed by atoms with van der Waals surface area (Å²) >= 11 is 0. The molecule has 1 unspecified atom stereocenters. The molecule has 1 aliphatic heterocycles. The maximum Gasteiger partial charge on any atom is 0.244 e. The number of halogens is 2. The first-order valence-corrected chi connectivity index (χ1v) is 8.11. The van der Waals surface area contributed by atoms with Crippen LogP contribution in [0.5, 0.6) is 0 Å². The van der Waals surface area contributed by atoms with Crippen molar-refractivity contribution in [1.82, 2.24) is 10.2 Å². The summed E-state index contributed by atoms with van der Waals surface area (Å²) in [7, 11) is 0. The van der Waals surface area contributed by atoms with Crippen LogP contribution in [-0.2, 0) is 4.79 Å². The molecular weight excluding hydrogens is 286 g/mol. The van der Waals surface area contributed by atoms with Gasteiger partial charge in [0.05, 0.1) is 5.54 Å². The van der Waals surface area contributed by atoms with E-state index in [1.165, 1.54) is 12.1 Å². The second kappa shape index (κ2) is 5.95. The average molecular weight is 308 g/mol. The lowest BCUT2D eigenvalue weighted by Gasteiger charge is -2.31. The van der Waals surface area contributed by atoms with Crippen LogP contribution in [0, 0.1) is 11.6 Å². The molecule has 2 aliphatic rings. The van der Waals surface area contributed by atoms with Gasteiger partial charge in [-0.1, -0.05) is 26.2 Å². The van der Waals surface area contributed by atoms with Gasteiger partial charge in [-0.25, -0.2) is 8.78 Å². The Bertz CT molecular complexity index is 570. The zero-order valence-corrected chi connectivity index (χ0v) is 12.9. The van der Waals surface area contributed by atoms with E-state index in [9.17, 15) is 13.6 Å². The minimum Gasteiger partial charge on any atom is -0.321 e. The van der Waals surface area contributed by atoms with Crippen LogP contribution in [-0.4, -0.2) is 22.9 Å². The van der Waals surface area contributed by atoms with Crippen molar-refractivity contribution in [2.24, 2.45) is 0 Å². The van der Waals surface area contributed by atoms with Gasteiger partial charge in [0.15, 0.2) is 0 Å². The SMILES string of the molecule is CCCN1C(=O)C2(CCCCC2)NC1c1ccc(F)cc1F. The Balaban J connectivity index is 1.96. The summed E-state index contributed by atoms with van der Waals surface area (Å²) in [6.45, 7) is 2.58. The summed E-state index contributed by atoms with van der Waals surface area (Å²) in [5, 5.41) is 3.38. The largest absolute Gasteiger partial charge is 0.321 e. The van der Waals surface area contributed by atoms with Crippen LogP contribution in [0.2, 0.25) is 0 Å². The molecule has 0 aromatic heterocycles.